The summed E-state index contributed by atoms with van der Waals surface area (Å²) in [5.41, 5.74) is 1.60. The fourth-order valence-corrected chi connectivity index (χ4v) is 2.61. The summed E-state index contributed by atoms with van der Waals surface area (Å²) < 4.78 is 0. The first-order chi connectivity index (χ1) is 6.79. The van der Waals surface area contributed by atoms with E-state index in [0.29, 0.717) is 5.91 Å². The van der Waals surface area contributed by atoms with Gasteiger partial charge in [0, 0.05) is 19.5 Å². The van der Waals surface area contributed by atoms with E-state index in [-0.39, 0.29) is 0 Å². The Labute approximate surface area is 86.0 Å². The molecule has 2 saturated heterocycles. The van der Waals surface area contributed by atoms with Gasteiger partial charge in [0.1, 0.15) is 0 Å². The fraction of sp³-hybridized carbons (Fsp3) is 0.750. The molecule has 2 fully saturated rings. The molecule has 2 rings (SSSR count). The Morgan fingerprint density at radius 2 is 2.29 bits per heavy atom. The van der Waals surface area contributed by atoms with Crippen LogP contribution in [0.5, 0.6) is 0 Å². The molecular formula is C12H19NO. The van der Waals surface area contributed by atoms with E-state index in [1.807, 2.05) is 0 Å². The second kappa shape index (κ2) is 4.16. The molecule has 0 radical (unpaired) electrons. The van der Waals surface area contributed by atoms with Crippen molar-refractivity contribution in [3.8, 4) is 0 Å². The van der Waals surface area contributed by atoms with Gasteiger partial charge in [0.05, 0.1) is 0 Å². The highest BCUT2D eigenvalue weighted by molar-refractivity contribution is 5.77. The lowest BCUT2D eigenvalue weighted by Gasteiger charge is -2.35. The van der Waals surface area contributed by atoms with Gasteiger partial charge in [-0.2, -0.15) is 0 Å². The SMILES string of the molecule is C/C=C1\CCCN2CC(CCC2=O)C1. The number of rotatable bonds is 0. The van der Waals surface area contributed by atoms with E-state index in [9.17, 15) is 4.79 Å². The molecular weight excluding hydrogens is 174 g/mol. The molecule has 0 aromatic carbocycles. The molecule has 2 heteroatoms. The minimum atomic E-state index is 0.380. The summed E-state index contributed by atoms with van der Waals surface area (Å²) in [7, 11) is 0. The average Bonchev–Trinajstić information content (AvgIpc) is 2.16. The van der Waals surface area contributed by atoms with E-state index in [1.165, 1.54) is 12.8 Å². The largest absolute Gasteiger partial charge is 0.342 e. The zero-order chi connectivity index (χ0) is 9.97. The Kier molecular flexibility index (Phi) is 2.90. The highest BCUT2D eigenvalue weighted by Crippen LogP contribution is 2.28. The first-order valence-electron chi connectivity index (χ1n) is 5.71. The Balaban J connectivity index is 2.05. The third-order valence-corrected chi connectivity index (χ3v) is 3.48. The van der Waals surface area contributed by atoms with Crippen molar-refractivity contribution < 1.29 is 4.79 Å². The third-order valence-electron chi connectivity index (χ3n) is 3.48. The summed E-state index contributed by atoms with van der Waals surface area (Å²) in [6, 6.07) is 0. The highest BCUT2D eigenvalue weighted by Gasteiger charge is 2.27. The maximum absolute atomic E-state index is 11.5. The molecule has 0 aromatic heterocycles. The Morgan fingerprint density at radius 1 is 1.43 bits per heavy atom. The van der Waals surface area contributed by atoms with E-state index < -0.39 is 0 Å². The lowest BCUT2D eigenvalue weighted by Crippen LogP contribution is -2.41. The number of amides is 1. The maximum Gasteiger partial charge on any atom is 0.222 e. The standard InChI is InChI=1S/C12H19NO/c1-2-10-4-3-7-13-9-11(8-10)5-6-12(13)14/h2,11H,3-9H2,1H3/b10-2+. The number of piperidine rings is 1. The van der Waals surface area contributed by atoms with Gasteiger partial charge in [-0.1, -0.05) is 11.6 Å². The van der Waals surface area contributed by atoms with Crippen molar-refractivity contribution in [2.75, 3.05) is 13.1 Å². The molecule has 0 aromatic rings. The van der Waals surface area contributed by atoms with Gasteiger partial charge >= 0.3 is 0 Å². The van der Waals surface area contributed by atoms with Crippen LogP contribution in [0.2, 0.25) is 0 Å². The summed E-state index contributed by atoms with van der Waals surface area (Å²) in [4.78, 5) is 13.6. The molecule has 0 N–H and O–H groups in total. The number of carbonyl (C=O) groups is 1. The second-order valence-electron chi connectivity index (χ2n) is 4.50. The predicted octanol–water partition coefficient (Wildman–Crippen LogP) is 2.36. The second-order valence-corrected chi connectivity index (χ2v) is 4.50. The predicted molar refractivity (Wildman–Crippen MR) is 56.9 cm³/mol. The summed E-state index contributed by atoms with van der Waals surface area (Å²) in [5, 5.41) is 0. The molecule has 2 aliphatic heterocycles. The van der Waals surface area contributed by atoms with Gasteiger partial charge in [-0.15, -0.1) is 0 Å². The molecule has 2 nitrogen and oxygen atoms in total. The van der Waals surface area contributed by atoms with Crippen molar-refractivity contribution in [1.29, 1.82) is 0 Å². The van der Waals surface area contributed by atoms with Gasteiger partial charge in [0.2, 0.25) is 5.91 Å². The fourth-order valence-electron chi connectivity index (χ4n) is 2.61. The monoisotopic (exact) mass is 193 g/mol. The van der Waals surface area contributed by atoms with E-state index in [4.69, 9.17) is 0 Å². The lowest BCUT2D eigenvalue weighted by molar-refractivity contribution is -0.135. The molecule has 0 aliphatic carbocycles. The van der Waals surface area contributed by atoms with Crippen molar-refractivity contribution in [3.05, 3.63) is 11.6 Å². The highest BCUT2D eigenvalue weighted by atomic mass is 16.2. The summed E-state index contributed by atoms with van der Waals surface area (Å²) in [6.07, 6.45) is 7.72. The maximum atomic E-state index is 11.5. The number of allylic oxidation sites excluding steroid dienone is 2. The van der Waals surface area contributed by atoms with Gasteiger partial charge in [0.25, 0.3) is 0 Å². The minimum absolute atomic E-state index is 0.380. The lowest BCUT2D eigenvalue weighted by atomic mass is 9.87. The number of hydrogen-bond donors (Lipinski definition) is 0. The summed E-state index contributed by atoms with van der Waals surface area (Å²) in [5.74, 6) is 1.12. The van der Waals surface area contributed by atoms with Gasteiger partial charge < -0.3 is 4.90 Å². The molecule has 2 bridgehead atoms. The molecule has 1 atom stereocenters. The molecule has 1 amide bonds. The zero-order valence-electron chi connectivity index (χ0n) is 8.96. The van der Waals surface area contributed by atoms with Crippen LogP contribution in [-0.4, -0.2) is 23.9 Å². The van der Waals surface area contributed by atoms with Crippen LogP contribution in [0.15, 0.2) is 11.6 Å². The molecule has 78 valence electrons. The van der Waals surface area contributed by atoms with Crippen molar-refractivity contribution >= 4 is 5.91 Å². The van der Waals surface area contributed by atoms with Gasteiger partial charge in [-0.05, 0) is 38.5 Å². The Morgan fingerprint density at radius 3 is 3.07 bits per heavy atom. The number of nitrogens with zero attached hydrogens (tertiary/aromatic N) is 1. The molecule has 2 heterocycles. The van der Waals surface area contributed by atoms with E-state index in [1.54, 1.807) is 5.57 Å². The van der Waals surface area contributed by atoms with Crippen LogP contribution < -0.4 is 0 Å². The van der Waals surface area contributed by atoms with Crippen LogP contribution in [0.1, 0.15) is 39.0 Å². The molecule has 2 aliphatic rings. The normalized spacial score (nSPS) is 31.5. The number of carbonyl (C=O) groups excluding carboxylic acids is 1. The van der Waals surface area contributed by atoms with Crippen LogP contribution in [-0.2, 0) is 4.79 Å². The van der Waals surface area contributed by atoms with Crippen molar-refractivity contribution in [2.45, 2.75) is 39.0 Å². The first-order valence-corrected chi connectivity index (χ1v) is 5.71. The van der Waals surface area contributed by atoms with E-state index in [0.717, 1.165) is 38.3 Å². The van der Waals surface area contributed by atoms with E-state index in [2.05, 4.69) is 17.9 Å². The Hall–Kier alpha value is -0.790. The van der Waals surface area contributed by atoms with Crippen molar-refractivity contribution in [2.24, 2.45) is 5.92 Å². The number of hydrogen-bond acceptors (Lipinski definition) is 1. The summed E-state index contributed by atoms with van der Waals surface area (Å²) >= 11 is 0. The van der Waals surface area contributed by atoms with E-state index >= 15 is 0 Å². The third kappa shape index (κ3) is 1.99. The molecule has 14 heavy (non-hydrogen) atoms. The zero-order valence-corrected chi connectivity index (χ0v) is 8.96. The first kappa shape index (κ1) is 9.75. The number of fused-ring (bicyclic) bond motifs is 2. The van der Waals surface area contributed by atoms with Crippen LogP contribution >= 0.6 is 0 Å². The quantitative estimate of drug-likeness (QED) is 0.541. The minimum Gasteiger partial charge on any atom is -0.342 e. The van der Waals surface area contributed by atoms with Crippen LogP contribution in [0.3, 0.4) is 0 Å². The molecule has 0 spiro atoms. The van der Waals surface area contributed by atoms with Gasteiger partial charge in [-0.3, -0.25) is 4.79 Å². The summed E-state index contributed by atoms with van der Waals surface area (Å²) in [6.45, 7) is 4.13. The van der Waals surface area contributed by atoms with Gasteiger partial charge in [0.15, 0.2) is 0 Å². The van der Waals surface area contributed by atoms with Crippen LogP contribution in [0.4, 0.5) is 0 Å². The Bertz CT molecular complexity index is 257. The molecule has 0 saturated carbocycles. The smallest absolute Gasteiger partial charge is 0.222 e. The van der Waals surface area contributed by atoms with Crippen molar-refractivity contribution in [1.82, 2.24) is 4.90 Å². The average molecular weight is 193 g/mol. The van der Waals surface area contributed by atoms with Crippen molar-refractivity contribution in [3.63, 3.8) is 0 Å². The topological polar surface area (TPSA) is 20.3 Å². The van der Waals surface area contributed by atoms with Crippen LogP contribution in [0.25, 0.3) is 0 Å². The van der Waals surface area contributed by atoms with Crippen LogP contribution in [0, 0.1) is 5.92 Å². The van der Waals surface area contributed by atoms with Gasteiger partial charge in [-0.25, -0.2) is 0 Å². The molecule has 1 unspecified atom stereocenters.